The molecule has 140 valence electrons. The van der Waals surface area contributed by atoms with Crippen LogP contribution < -0.4 is 19.5 Å². The lowest BCUT2D eigenvalue weighted by molar-refractivity contribution is -0.118. The summed E-state index contributed by atoms with van der Waals surface area (Å²) in [5.74, 6) is 0.485. The van der Waals surface area contributed by atoms with Crippen molar-refractivity contribution in [2.24, 2.45) is 0 Å². The van der Waals surface area contributed by atoms with Crippen LogP contribution in [0.2, 0.25) is 25.1 Å². The molecule has 0 aliphatic rings. The van der Waals surface area contributed by atoms with Crippen LogP contribution in [0.4, 0.5) is 5.69 Å². The summed E-state index contributed by atoms with van der Waals surface area (Å²) in [5, 5.41) is 2.52. The maximum atomic E-state index is 12.2. The van der Waals surface area contributed by atoms with Gasteiger partial charge in [0.25, 0.3) is 5.91 Å². The molecule has 0 saturated carbocycles. The minimum atomic E-state index is -0.484. The Bertz CT molecular complexity index is 815. The van der Waals surface area contributed by atoms with Crippen LogP contribution in [-0.2, 0) is 4.79 Å². The molecule has 1 amide bonds. The Balaban J connectivity index is 2.13. The van der Waals surface area contributed by atoms with E-state index in [1.807, 2.05) is 0 Å². The highest BCUT2D eigenvalue weighted by Crippen LogP contribution is 2.48. The van der Waals surface area contributed by atoms with E-state index in [-0.39, 0.29) is 30.9 Å². The number of hydrogen-bond donors (Lipinski definition) is 1. The van der Waals surface area contributed by atoms with Crippen LogP contribution >= 0.6 is 58.0 Å². The first-order valence-corrected chi connectivity index (χ1v) is 8.85. The number of methoxy groups -OCH3 is 2. The van der Waals surface area contributed by atoms with Gasteiger partial charge in [-0.1, -0.05) is 58.0 Å². The Morgan fingerprint density at radius 1 is 0.923 bits per heavy atom. The average molecular weight is 460 g/mol. The molecule has 0 bridgehead atoms. The number of anilines is 1. The molecule has 0 atom stereocenters. The summed E-state index contributed by atoms with van der Waals surface area (Å²) in [7, 11) is 2.99. The number of carbonyl (C=O) groups excluding carboxylic acids is 1. The van der Waals surface area contributed by atoms with Crippen molar-refractivity contribution in [1.82, 2.24) is 0 Å². The van der Waals surface area contributed by atoms with E-state index in [1.54, 1.807) is 18.2 Å². The standard InChI is InChI=1S/C16H12Cl5NO4/c1-24-7-3-4-8(9(5-7)25-2)22-10(23)6-26-16-14(20)12(18)11(17)13(19)15(16)21/h3-5H,6H2,1-2H3,(H,22,23). The van der Waals surface area contributed by atoms with Crippen LogP contribution in [0.25, 0.3) is 0 Å². The molecular weight excluding hydrogens is 447 g/mol. The fourth-order valence-electron chi connectivity index (χ4n) is 1.94. The van der Waals surface area contributed by atoms with E-state index in [0.29, 0.717) is 17.2 Å². The Morgan fingerprint density at radius 3 is 2.04 bits per heavy atom. The molecule has 2 rings (SSSR count). The number of nitrogens with one attached hydrogen (secondary N) is 1. The highest BCUT2D eigenvalue weighted by atomic mass is 35.5. The van der Waals surface area contributed by atoms with Gasteiger partial charge in [0, 0.05) is 6.07 Å². The molecule has 0 heterocycles. The lowest BCUT2D eigenvalue weighted by atomic mass is 10.2. The summed E-state index contributed by atoms with van der Waals surface area (Å²) in [6.45, 7) is -0.400. The van der Waals surface area contributed by atoms with Gasteiger partial charge in [-0.25, -0.2) is 0 Å². The summed E-state index contributed by atoms with van der Waals surface area (Å²) in [6, 6.07) is 4.93. The summed E-state index contributed by atoms with van der Waals surface area (Å²) in [6.07, 6.45) is 0. The summed E-state index contributed by atoms with van der Waals surface area (Å²) in [4.78, 5) is 12.2. The topological polar surface area (TPSA) is 56.8 Å². The van der Waals surface area contributed by atoms with Crippen molar-refractivity contribution < 1.29 is 19.0 Å². The number of carbonyl (C=O) groups is 1. The van der Waals surface area contributed by atoms with E-state index in [4.69, 9.17) is 72.2 Å². The number of ether oxygens (including phenoxy) is 3. The van der Waals surface area contributed by atoms with Crippen molar-refractivity contribution in [3.8, 4) is 17.2 Å². The van der Waals surface area contributed by atoms with Crippen LogP contribution in [0.3, 0.4) is 0 Å². The lowest BCUT2D eigenvalue weighted by Crippen LogP contribution is -2.20. The largest absolute Gasteiger partial charge is 0.497 e. The fraction of sp³-hybridized carbons (Fsp3) is 0.188. The van der Waals surface area contributed by atoms with Crippen LogP contribution in [0.15, 0.2) is 18.2 Å². The van der Waals surface area contributed by atoms with Crippen molar-refractivity contribution in [2.45, 2.75) is 0 Å². The van der Waals surface area contributed by atoms with Crippen LogP contribution in [0, 0.1) is 0 Å². The SMILES string of the molecule is COc1ccc(NC(=O)COc2c(Cl)c(Cl)c(Cl)c(Cl)c2Cl)c(OC)c1. The zero-order chi connectivity index (χ0) is 19.4. The van der Waals surface area contributed by atoms with Crippen molar-refractivity contribution in [1.29, 1.82) is 0 Å². The number of halogens is 5. The quantitative estimate of drug-likeness (QED) is 0.426. The Hall–Kier alpha value is -1.24. The maximum absolute atomic E-state index is 12.2. The molecule has 26 heavy (non-hydrogen) atoms. The van der Waals surface area contributed by atoms with Gasteiger partial charge in [0.05, 0.1) is 35.0 Å². The molecule has 2 aromatic rings. The van der Waals surface area contributed by atoms with E-state index in [2.05, 4.69) is 5.32 Å². The van der Waals surface area contributed by atoms with Gasteiger partial charge in [-0.3, -0.25) is 4.79 Å². The van der Waals surface area contributed by atoms with Gasteiger partial charge in [0.1, 0.15) is 21.5 Å². The molecule has 0 spiro atoms. The van der Waals surface area contributed by atoms with Gasteiger partial charge in [-0.05, 0) is 12.1 Å². The molecule has 0 aliphatic carbocycles. The van der Waals surface area contributed by atoms with Gasteiger partial charge in [0.2, 0.25) is 0 Å². The first-order chi connectivity index (χ1) is 12.3. The molecule has 1 N–H and O–H groups in total. The predicted molar refractivity (Wildman–Crippen MR) is 105 cm³/mol. The average Bonchev–Trinajstić information content (AvgIpc) is 2.65. The smallest absolute Gasteiger partial charge is 0.262 e. The van der Waals surface area contributed by atoms with Crippen molar-refractivity contribution in [3.05, 3.63) is 43.3 Å². The van der Waals surface area contributed by atoms with E-state index in [0.717, 1.165) is 0 Å². The first kappa shape index (κ1) is 21.1. The molecule has 10 heteroatoms. The van der Waals surface area contributed by atoms with E-state index in [9.17, 15) is 4.79 Å². The summed E-state index contributed by atoms with van der Waals surface area (Å²) in [5.41, 5.74) is 0.436. The van der Waals surface area contributed by atoms with Crippen molar-refractivity contribution in [3.63, 3.8) is 0 Å². The van der Waals surface area contributed by atoms with Crippen molar-refractivity contribution >= 4 is 69.6 Å². The van der Waals surface area contributed by atoms with Gasteiger partial charge in [0.15, 0.2) is 12.4 Å². The predicted octanol–water partition coefficient (Wildman–Crippen LogP) is 5.99. The van der Waals surface area contributed by atoms with Crippen LogP contribution in [-0.4, -0.2) is 26.7 Å². The van der Waals surface area contributed by atoms with E-state index in [1.165, 1.54) is 14.2 Å². The zero-order valence-corrected chi connectivity index (χ0v) is 17.2. The second-order valence-corrected chi connectivity index (χ2v) is 6.69. The minimum Gasteiger partial charge on any atom is -0.497 e. The third-order valence-corrected chi connectivity index (χ3v) is 5.44. The molecular formula is C16H12Cl5NO4. The highest BCUT2D eigenvalue weighted by Gasteiger charge is 2.21. The van der Waals surface area contributed by atoms with Crippen molar-refractivity contribution in [2.75, 3.05) is 26.1 Å². The summed E-state index contributed by atoms with van der Waals surface area (Å²) >= 11 is 29.9. The third-order valence-electron chi connectivity index (χ3n) is 3.20. The number of benzene rings is 2. The monoisotopic (exact) mass is 457 g/mol. The molecule has 0 radical (unpaired) electrons. The van der Waals surface area contributed by atoms with Gasteiger partial charge in [-0.2, -0.15) is 0 Å². The molecule has 5 nitrogen and oxygen atoms in total. The third kappa shape index (κ3) is 4.53. The fourth-order valence-corrected chi connectivity index (χ4v) is 3.17. The number of hydrogen-bond acceptors (Lipinski definition) is 4. The van der Waals surface area contributed by atoms with E-state index >= 15 is 0 Å². The molecule has 0 saturated heterocycles. The highest BCUT2D eigenvalue weighted by molar-refractivity contribution is 6.55. The normalized spacial score (nSPS) is 10.4. The van der Waals surface area contributed by atoms with Crippen LogP contribution in [0.5, 0.6) is 17.2 Å². The summed E-state index contributed by atoms with van der Waals surface area (Å²) < 4.78 is 15.7. The molecule has 0 aromatic heterocycles. The number of amides is 1. The molecule has 0 unspecified atom stereocenters. The maximum Gasteiger partial charge on any atom is 0.262 e. The Labute approximate surface area is 175 Å². The first-order valence-electron chi connectivity index (χ1n) is 6.96. The molecule has 0 fully saturated rings. The second-order valence-electron chi connectivity index (χ2n) is 4.80. The van der Waals surface area contributed by atoms with Gasteiger partial charge in [-0.15, -0.1) is 0 Å². The second kappa shape index (κ2) is 9.11. The Kier molecular flexibility index (Phi) is 7.38. The molecule has 0 aliphatic heterocycles. The van der Waals surface area contributed by atoms with E-state index < -0.39 is 12.5 Å². The lowest BCUT2D eigenvalue weighted by Gasteiger charge is -2.14. The minimum absolute atomic E-state index is 0.00287. The van der Waals surface area contributed by atoms with Gasteiger partial charge < -0.3 is 19.5 Å². The number of rotatable bonds is 6. The Morgan fingerprint density at radius 2 is 1.50 bits per heavy atom. The van der Waals surface area contributed by atoms with Crippen LogP contribution in [0.1, 0.15) is 0 Å². The molecule has 2 aromatic carbocycles. The van der Waals surface area contributed by atoms with Gasteiger partial charge >= 0.3 is 0 Å². The zero-order valence-electron chi connectivity index (χ0n) is 13.5.